The van der Waals surface area contributed by atoms with Gasteiger partial charge in [0.1, 0.15) is 0 Å². The van der Waals surface area contributed by atoms with Crippen LogP contribution in [0.2, 0.25) is 10.0 Å². The minimum Gasteiger partial charge on any atom is -0.392 e. The average molecular weight is 247 g/mol. The van der Waals surface area contributed by atoms with Gasteiger partial charge in [0.15, 0.2) is 0 Å². The fraction of sp³-hybridized carbons (Fsp3) is 0.500. The molecule has 0 spiro atoms. The summed E-state index contributed by atoms with van der Waals surface area (Å²) in [5.41, 5.74) is 0.748. The molecule has 0 aliphatic carbocycles. The van der Waals surface area contributed by atoms with Gasteiger partial charge >= 0.3 is 0 Å². The first-order valence-electron chi connectivity index (χ1n) is 4.92. The molecule has 1 aromatic rings. The quantitative estimate of drug-likeness (QED) is 0.839. The van der Waals surface area contributed by atoms with Crippen molar-refractivity contribution >= 4 is 23.2 Å². The fourth-order valence-corrected chi connectivity index (χ4v) is 1.60. The SMILES string of the molecule is CC(C)(C)C(O)Cc1cc(Cl)ccc1Cl. The number of hydrogen-bond donors (Lipinski definition) is 1. The third kappa shape index (κ3) is 3.67. The van der Waals surface area contributed by atoms with Gasteiger partial charge in [-0.2, -0.15) is 0 Å². The summed E-state index contributed by atoms with van der Waals surface area (Å²) < 4.78 is 0. The molecule has 0 amide bonds. The van der Waals surface area contributed by atoms with E-state index in [1.807, 2.05) is 20.8 Å². The van der Waals surface area contributed by atoms with Crippen LogP contribution in [0.15, 0.2) is 18.2 Å². The lowest BCUT2D eigenvalue weighted by molar-refractivity contribution is 0.0636. The summed E-state index contributed by atoms with van der Waals surface area (Å²) in [4.78, 5) is 0. The third-order valence-electron chi connectivity index (χ3n) is 2.42. The Labute approximate surface area is 101 Å². The van der Waals surface area contributed by atoms with Crippen molar-refractivity contribution in [3.8, 4) is 0 Å². The first kappa shape index (κ1) is 12.8. The van der Waals surface area contributed by atoms with Crippen LogP contribution in [-0.2, 0) is 6.42 Å². The van der Waals surface area contributed by atoms with Gasteiger partial charge in [-0.3, -0.25) is 0 Å². The zero-order valence-electron chi connectivity index (χ0n) is 9.22. The molecule has 1 atom stereocenters. The molecule has 0 fully saturated rings. The van der Waals surface area contributed by atoms with Crippen LogP contribution in [0.25, 0.3) is 0 Å². The summed E-state index contributed by atoms with van der Waals surface area (Å²) in [6.07, 6.45) is 0.108. The fourth-order valence-electron chi connectivity index (χ4n) is 1.21. The molecule has 1 N–H and O–H groups in total. The Hall–Kier alpha value is -0.240. The summed E-state index contributed by atoms with van der Waals surface area (Å²) in [5.74, 6) is 0. The van der Waals surface area contributed by atoms with Crippen LogP contribution >= 0.6 is 23.2 Å². The van der Waals surface area contributed by atoms with Crippen molar-refractivity contribution in [3.63, 3.8) is 0 Å². The number of aliphatic hydroxyl groups is 1. The van der Waals surface area contributed by atoms with Crippen molar-refractivity contribution in [1.82, 2.24) is 0 Å². The largest absolute Gasteiger partial charge is 0.392 e. The van der Waals surface area contributed by atoms with Gasteiger partial charge in [0.2, 0.25) is 0 Å². The lowest BCUT2D eigenvalue weighted by atomic mass is 9.85. The Morgan fingerprint density at radius 2 is 1.87 bits per heavy atom. The molecule has 1 nitrogen and oxygen atoms in total. The monoisotopic (exact) mass is 246 g/mol. The Kier molecular flexibility index (Phi) is 4.05. The molecule has 0 saturated carbocycles. The first-order valence-corrected chi connectivity index (χ1v) is 5.68. The van der Waals surface area contributed by atoms with Crippen molar-refractivity contribution < 1.29 is 5.11 Å². The molecule has 1 aromatic carbocycles. The molecule has 0 heterocycles. The highest BCUT2D eigenvalue weighted by atomic mass is 35.5. The highest BCUT2D eigenvalue weighted by molar-refractivity contribution is 6.33. The molecule has 0 aliphatic heterocycles. The molecular formula is C12H16Cl2O. The molecule has 0 radical (unpaired) electrons. The van der Waals surface area contributed by atoms with E-state index in [0.29, 0.717) is 16.5 Å². The van der Waals surface area contributed by atoms with Gasteiger partial charge in [0, 0.05) is 16.5 Å². The molecule has 1 unspecified atom stereocenters. The number of benzene rings is 1. The number of hydrogen-bond acceptors (Lipinski definition) is 1. The molecule has 15 heavy (non-hydrogen) atoms. The van der Waals surface area contributed by atoms with E-state index in [1.165, 1.54) is 0 Å². The van der Waals surface area contributed by atoms with E-state index in [1.54, 1.807) is 18.2 Å². The minimum absolute atomic E-state index is 0.147. The van der Waals surface area contributed by atoms with Crippen LogP contribution in [0, 0.1) is 5.41 Å². The molecule has 3 heteroatoms. The first-order chi connectivity index (χ1) is 6.80. The van der Waals surface area contributed by atoms with Crippen LogP contribution < -0.4 is 0 Å². The molecule has 0 aromatic heterocycles. The second kappa shape index (κ2) is 4.73. The van der Waals surface area contributed by atoms with Crippen LogP contribution in [0.1, 0.15) is 26.3 Å². The van der Waals surface area contributed by atoms with Gasteiger partial charge < -0.3 is 5.11 Å². The highest BCUT2D eigenvalue weighted by Gasteiger charge is 2.23. The smallest absolute Gasteiger partial charge is 0.0629 e. The molecule has 84 valence electrons. The maximum Gasteiger partial charge on any atom is 0.0629 e. The third-order valence-corrected chi connectivity index (χ3v) is 3.02. The second-order valence-electron chi connectivity index (χ2n) is 4.82. The summed E-state index contributed by atoms with van der Waals surface area (Å²) in [6.45, 7) is 5.99. The maximum atomic E-state index is 9.95. The van der Waals surface area contributed by atoms with E-state index in [4.69, 9.17) is 23.2 Å². The molecule has 0 saturated heterocycles. The summed E-state index contributed by atoms with van der Waals surface area (Å²) in [7, 11) is 0. The van der Waals surface area contributed by atoms with E-state index >= 15 is 0 Å². The Morgan fingerprint density at radius 1 is 1.27 bits per heavy atom. The van der Waals surface area contributed by atoms with Crippen molar-refractivity contribution in [3.05, 3.63) is 33.8 Å². The van der Waals surface area contributed by atoms with Crippen molar-refractivity contribution in [1.29, 1.82) is 0 Å². The van der Waals surface area contributed by atoms with Crippen LogP contribution in [0.5, 0.6) is 0 Å². The zero-order chi connectivity index (χ0) is 11.6. The summed E-state index contributed by atoms with van der Waals surface area (Å²) in [5, 5.41) is 11.3. The molecule has 0 bridgehead atoms. The Balaban J connectivity index is 2.85. The lowest BCUT2D eigenvalue weighted by Crippen LogP contribution is -2.28. The molecule has 0 aliphatic rings. The standard InChI is InChI=1S/C12H16Cl2O/c1-12(2,3)11(15)7-8-6-9(13)4-5-10(8)14/h4-6,11,15H,7H2,1-3H3. The topological polar surface area (TPSA) is 20.2 Å². The number of halogens is 2. The predicted molar refractivity (Wildman–Crippen MR) is 65.6 cm³/mol. The summed E-state index contributed by atoms with van der Waals surface area (Å²) >= 11 is 11.9. The van der Waals surface area contributed by atoms with Gasteiger partial charge in [0.25, 0.3) is 0 Å². The van der Waals surface area contributed by atoms with E-state index in [0.717, 1.165) is 5.56 Å². The molecule has 1 rings (SSSR count). The van der Waals surface area contributed by atoms with Gasteiger partial charge in [-0.05, 0) is 29.2 Å². The lowest BCUT2D eigenvalue weighted by Gasteiger charge is -2.26. The van der Waals surface area contributed by atoms with Gasteiger partial charge in [0.05, 0.1) is 6.10 Å². The average Bonchev–Trinajstić information content (AvgIpc) is 2.09. The van der Waals surface area contributed by atoms with Gasteiger partial charge in [-0.1, -0.05) is 44.0 Å². The van der Waals surface area contributed by atoms with Gasteiger partial charge in [-0.15, -0.1) is 0 Å². The second-order valence-corrected chi connectivity index (χ2v) is 5.67. The highest BCUT2D eigenvalue weighted by Crippen LogP contribution is 2.27. The van der Waals surface area contributed by atoms with Crippen LogP contribution in [0.3, 0.4) is 0 Å². The van der Waals surface area contributed by atoms with Crippen LogP contribution in [0.4, 0.5) is 0 Å². The van der Waals surface area contributed by atoms with Gasteiger partial charge in [-0.25, -0.2) is 0 Å². The normalized spacial score (nSPS) is 14.0. The summed E-state index contributed by atoms with van der Waals surface area (Å²) in [6, 6.07) is 5.31. The van der Waals surface area contributed by atoms with E-state index in [2.05, 4.69) is 0 Å². The zero-order valence-corrected chi connectivity index (χ0v) is 10.7. The van der Waals surface area contributed by atoms with E-state index < -0.39 is 6.10 Å². The van der Waals surface area contributed by atoms with E-state index in [9.17, 15) is 5.11 Å². The Bertz CT molecular complexity index is 342. The predicted octanol–water partition coefficient (Wildman–Crippen LogP) is 3.94. The Morgan fingerprint density at radius 3 is 2.40 bits per heavy atom. The van der Waals surface area contributed by atoms with E-state index in [-0.39, 0.29) is 5.41 Å². The number of aliphatic hydroxyl groups excluding tert-OH is 1. The maximum absolute atomic E-state index is 9.95. The van der Waals surface area contributed by atoms with Crippen molar-refractivity contribution in [2.45, 2.75) is 33.3 Å². The molecular weight excluding hydrogens is 231 g/mol. The van der Waals surface area contributed by atoms with Crippen LogP contribution in [-0.4, -0.2) is 11.2 Å². The van der Waals surface area contributed by atoms with Crippen molar-refractivity contribution in [2.75, 3.05) is 0 Å². The van der Waals surface area contributed by atoms with Crippen molar-refractivity contribution in [2.24, 2.45) is 5.41 Å². The number of rotatable bonds is 2. The minimum atomic E-state index is -0.423.